The van der Waals surface area contributed by atoms with Gasteiger partial charge in [-0.2, -0.15) is 0 Å². The molecule has 0 saturated heterocycles. The average Bonchev–Trinajstić information content (AvgIpc) is 2.46. The van der Waals surface area contributed by atoms with Gasteiger partial charge in [-0.1, -0.05) is 12.1 Å². The molecule has 0 fully saturated rings. The zero-order valence-electron chi connectivity index (χ0n) is 12.1. The van der Waals surface area contributed by atoms with E-state index in [0.29, 0.717) is 6.04 Å². The Labute approximate surface area is 116 Å². The van der Waals surface area contributed by atoms with Gasteiger partial charge in [0.05, 0.1) is 13.7 Å². The maximum absolute atomic E-state index is 5.50. The second-order valence-electron chi connectivity index (χ2n) is 4.41. The number of benzene rings is 1. The summed E-state index contributed by atoms with van der Waals surface area (Å²) in [5.74, 6) is 0.887. The van der Waals surface area contributed by atoms with Crippen molar-refractivity contribution in [1.29, 1.82) is 0 Å². The summed E-state index contributed by atoms with van der Waals surface area (Å²) in [7, 11) is 3.38. The van der Waals surface area contributed by atoms with E-state index in [4.69, 9.17) is 14.2 Å². The van der Waals surface area contributed by atoms with Crippen LogP contribution < -0.4 is 10.1 Å². The molecule has 0 radical (unpaired) electrons. The summed E-state index contributed by atoms with van der Waals surface area (Å²) < 4.78 is 15.6. The molecule has 1 N–H and O–H groups in total. The number of hydrogen-bond donors (Lipinski definition) is 1. The van der Waals surface area contributed by atoms with Crippen molar-refractivity contribution in [3.05, 3.63) is 29.8 Å². The Hall–Kier alpha value is -1.10. The van der Waals surface area contributed by atoms with Crippen molar-refractivity contribution in [2.24, 2.45) is 0 Å². The molecule has 19 heavy (non-hydrogen) atoms. The summed E-state index contributed by atoms with van der Waals surface area (Å²) in [6.45, 7) is 5.24. The molecule has 4 nitrogen and oxygen atoms in total. The minimum absolute atomic E-state index is 0.313. The van der Waals surface area contributed by atoms with E-state index >= 15 is 0 Å². The van der Waals surface area contributed by atoms with E-state index < -0.39 is 0 Å². The van der Waals surface area contributed by atoms with Crippen LogP contribution in [0.25, 0.3) is 0 Å². The highest BCUT2D eigenvalue weighted by molar-refractivity contribution is 5.28. The number of nitrogens with one attached hydrogen (secondary N) is 1. The molecule has 1 aromatic carbocycles. The Kier molecular flexibility index (Phi) is 8.21. The fraction of sp³-hybridized carbons (Fsp3) is 0.600. The lowest BCUT2D eigenvalue weighted by Crippen LogP contribution is -2.23. The maximum Gasteiger partial charge on any atom is 0.118 e. The molecule has 0 aliphatic carbocycles. The van der Waals surface area contributed by atoms with Crippen LogP contribution in [-0.4, -0.2) is 40.6 Å². The van der Waals surface area contributed by atoms with Crippen LogP contribution >= 0.6 is 0 Å². The molecule has 0 aliphatic rings. The molecule has 0 saturated carbocycles. The first-order chi connectivity index (χ1) is 9.27. The molecule has 0 amide bonds. The molecule has 1 rings (SSSR count). The maximum atomic E-state index is 5.50. The molecule has 1 atom stereocenters. The molecule has 4 heteroatoms. The number of ether oxygens (including phenoxy) is 3. The Balaban J connectivity index is 2.14. The number of rotatable bonds is 10. The summed E-state index contributed by atoms with van der Waals surface area (Å²) >= 11 is 0. The lowest BCUT2D eigenvalue weighted by Gasteiger charge is -2.14. The van der Waals surface area contributed by atoms with Crippen molar-refractivity contribution >= 4 is 0 Å². The van der Waals surface area contributed by atoms with Gasteiger partial charge in [-0.15, -0.1) is 0 Å². The number of methoxy groups -OCH3 is 2. The van der Waals surface area contributed by atoms with Crippen molar-refractivity contribution in [3.8, 4) is 5.75 Å². The van der Waals surface area contributed by atoms with Crippen LogP contribution in [0.4, 0.5) is 0 Å². The van der Waals surface area contributed by atoms with E-state index in [1.807, 2.05) is 12.1 Å². The van der Waals surface area contributed by atoms with Crippen LogP contribution in [0.15, 0.2) is 24.3 Å². The first kappa shape index (κ1) is 16.0. The van der Waals surface area contributed by atoms with Crippen molar-refractivity contribution in [1.82, 2.24) is 5.32 Å². The smallest absolute Gasteiger partial charge is 0.118 e. The largest absolute Gasteiger partial charge is 0.497 e. The topological polar surface area (TPSA) is 39.7 Å². The van der Waals surface area contributed by atoms with Gasteiger partial charge in [-0.25, -0.2) is 0 Å². The summed E-state index contributed by atoms with van der Waals surface area (Å²) in [4.78, 5) is 0. The minimum atomic E-state index is 0.313. The molecule has 0 aromatic heterocycles. The molecule has 0 unspecified atom stereocenters. The highest BCUT2D eigenvalue weighted by atomic mass is 16.5. The van der Waals surface area contributed by atoms with Gasteiger partial charge < -0.3 is 19.5 Å². The van der Waals surface area contributed by atoms with E-state index in [2.05, 4.69) is 24.4 Å². The van der Waals surface area contributed by atoms with Gasteiger partial charge in [0.2, 0.25) is 0 Å². The average molecular weight is 267 g/mol. The van der Waals surface area contributed by atoms with Gasteiger partial charge in [0, 0.05) is 32.9 Å². The van der Waals surface area contributed by atoms with Crippen molar-refractivity contribution in [3.63, 3.8) is 0 Å². The number of hydrogen-bond acceptors (Lipinski definition) is 4. The molecule has 0 spiro atoms. The highest BCUT2D eigenvalue weighted by Gasteiger charge is 2.04. The highest BCUT2D eigenvalue weighted by Crippen LogP contribution is 2.16. The lowest BCUT2D eigenvalue weighted by molar-refractivity contribution is 0.103. The second kappa shape index (κ2) is 9.78. The second-order valence-corrected chi connectivity index (χ2v) is 4.41. The van der Waals surface area contributed by atoms with E-state index in [-0.39, 0.29) is 0 Å². The fourth-order valence-electron chi connectivity index (χ4n) is 1.77. The molecule has 0 bridgehead atoms. The van der Waals surface area contributed by atoms with E-state index in [0.717, 1.165) is 38.5 Å². The fourth-order valence-corrected chi connectivity index (χ4v) is 1.77. The monoisotopic (exact) mass is 267 g/mol. The molecule has 0 aliphatic heterocycles. The molecular weight excluding hydrogens is 242 g/mol. The standard InChI is InChI=1S/C15H25NO3/c1-13(14-5-7-15(18-3)8-6-14)16-9-12-19-11-4-10-17-2/h5-8,13,16H,4,9-12H2,1-3H3/t13-/m0/s1. The van der Waals surface area contributed by atoms with Crippen molar-refractivity contribution in [2.75, 3.05) is 40.6 Å². The van der Waals surface area contributed by atoms with Crippen molar-refractivity contribution < 1.29 is 14.2 Å². The predicted octanol–water partition coefficient (Wildman–Crippen LogP) is 2.40. The van der Waals surface area contributed by atoms with E-state index in [9.17, 15) is 0 Å². The Morgan fingerprint density at radius 1 is 1.05 bits per heavy atom. The normalized spacial score (nSPS) is 12.4. The van der Waals surface area contributed by atoms with E-state index in [1.165, 1.54) is 5.56 Å². The lowest BCUT2D eigenvalue weighted by atomic mass is 10.1. The van der Waals surface area contributed by atoms with Crippen LogP contribution in [0.5, 0.6) is 5.75 Å². The summed E-state index contributed by atoms with van der Waals surface area (Å²) in [6, 6.07) is 8.43. The van der Waals surface area contributed by atoms with Crippen LogP contribution in [0.2, 0.25) is 0 Å². The van der Waals surface area contributed by atoms with Crippen LogP contribution in [0.1, 0.15) is 24.9 Å². The Morgan fingerprint density at radius 3 is 2.42 bits per heavy atom. The summed E-state index contributed by atoms with van der Waals surface area (Å²) in [6.07, 6.45) is 0.949. The van der Waals surface area contributed by atoms with Crippen LogP contribution in [0, 0.1) is 0 Å². The zero-order valence-corrected chi connectivity index (χ0v) is 12.1. The molecule has 0 heterocycles. The summed E-state index contributed by atoms with van der Waals surface area (Å²) in [5.41, 5.74) is 1.25. The third kappa shape index (κ3) is 6.57. The van der Waals surface area contributed by atoms with Gasteiger partial charge >= 0.3 is 0 Å². The van der Waals surface area contributed by atoms with Gasteiger partial charge in [-0.3, -0.25) is 0 Å². The molecule has 108 valence electrons. The molecular formula is C15H25NO3. The Bertz CT molecular complexity index is 327. The molecule has 1 aromatic rings. The van der Waals surface area contributed by atoms with E-state index in [1.54, 1.807) is 14.2 Å². The van der Waals surface area contributed by atoms with Crippen LogP contribution in [-0.2, 0) is 9.47 Å². The summed E-state index contributed by atoms with van der Waals surface area (Å²) in [5, 5.41) is 3.43. The predicted molar refractivity (Wildman–Crippen MR) is 76.7 cm³/mol. The SMILES string of the molecule is COCCCOCCN[C@@H](C)c1ccc(OC)cc1. The van der Waals surface area contributed by atoms with Gasteiger partial charge in [0.1, 0.15) is 5.75 Å². The van der Waals surface area contributed by atoms with Gasteiger partial charge in [0.15, 0.2) is 0 Å². The minimum Gasteiger partial charge on any atom is -0.497 e. The van der Waals surface area contributed by atoms with Crippen LogP contribution in [0.3, 0.4) is 0 Å². The third-order valence-electron chi connectivity index (χ3n) is 2.95. The van der Waals surface area contributed by atoms with Crippen molar-refractivity contribution in [2.45, 2.75) is 19.4 Å². The van der Waals surface area contributed by atoms with Gasteiger partial charge in [-0.05, 0) is 31.0 Å². The Morgan fingerprint density at radius 2 is 1.79 bits per heavy atom. The van der Waals surface area contributed by atoms with Gasteiger partial charge in [0.25, 0.3) is 0 Å². The zero-order chi connectivity index (χ0) is 13.9. The first-order valence-corrected chi connectivity index (χ1v) is 6.72. The first-order valence-electron chi connectivity index (χ1n) is 6.72. The quantitative estimate of drug-likeness (QED) is 0.661. The third-order valence-corrected chi connectivity index (χ3v) is 2.95.